The van der Waals surface area contributed by atoms with Crippen molar-refractivity contribution < 1.29 is 13.1 Å². The summed E-state index contributed by atoms with van der Waals surface area (Å²) in [7, 11) is -1.43. The molecular formula is C6H15BN3O3S. The fraction of sp³-hybridized carbons (Fsp3) is 1.00. The summed E-state index contributed by atoms with van der Waals surface area (Å²) in [6.07, 6.45) is 0. The number of piperazine rings is 1. The van der Waals surface area contributed by atoms with E-state index in [1.165, 1.54) is 4.31 Å². The van der Waals surface area contributed by atoms with E-state index in [2.05, 4.69) is 9.55 Å². The highest BCUT2D eigenvalue weighted by Crippen LogP contribution is 2.05. The lowest BCUT2D eigenvalue weighted by Crippen LogP contribution is -2.48. The molecule has 0 atom stereocenters. The fourth-order valence-electron chi connectivity index (χ4n) is 1.23. The Morgan fingerprint density at radius 3 is 2.43 bits per heavy atom. The van der Waals surface area contributed by atoms with Crippen molar-refractivity contribution in [1.29, 1.82) is 0 Å². The summed E-state index contributed by atoms with van der Waals surface area (Å²) in [5.74, 6) is 0. The molecule has 1 aliphatic heterocycles. The minimum Gasteiger partial charge on any atom is -0.411 e. The Balaban J connectivity index is 2.47. The minimum absolute atomic E-state index is 0.118. The lowest BCUT2D eigenvalue weighted by atomic mass is 10.4. The first-order valence-electron chi connectivity index (χ1n) is 4.40. The Morgan fingerprint density at radius 2 is 1.93 bits per heavy atom. The maximum absolute atomic E-state index is 11.5. The predicted octanol–water partition coefficient (Wildman–Crippen LogP) is -1.97. The van der Waals surface area contributed by atoms with E-state index in [1.54, 1.807) is 0 Å². The van der Waals surface area contributed by atoms with E-state index < -0.39 is 9.87 Å². The number of hydrogen-bond acceptors (Lipinski definition) is 5. The van der Waals surface area contributed by atoms with Gasteiger partial charge in [0.2, 0.25) is 0 Å². The van der Waals surface area contributed by atoms with Crippen LogP contribution in [0.2, 0.25) is 0 Å². The molecule has 0 spiro atoms. The molecule has 0 unspecified atom stereocenters. The van der Waals surface area contributed by atoms with Crippen LogP contribution < -0.4 is 5.73 Å². The average molecular weight is 220 g/mol. The van der Waals surface area contributed by atoms with Crippen LogP contribution in [0.4, 0.5) is 0 Å². The molecular weight excluding hydrogens is 205 g/mol. The molecule has 0 aromatic rings. The lowest BCUT2D eigenvalue weighted by molar-refractivity contribution is 0.223. The summed E-state index contributed by atoms with van der Waals surface area (Å²) in [5.41, 5.74) is 5.04. The third kappa shape index (κ3) is 3.21. The van der Waals surface area contributed by atoms with E-state index in [-0.39, 0.29) is 6.73 Å². The molecule has 0 saturated carbocycles. The molecule has 0 bridgehead atoms. The van der Waals surface area contributed by atoms with Crippen molar-refractivity contribution in [3.63, 3.8) is 0 Å². The van der Waals surface area contributed by atoms with E-state index in [4.69, 9.17) is 5.73 Å². The SMILES string of the molecule is CN1CCN(S(=O)(=O)[B]OCN)CC1. The van der Waals surface area contributed by atoms with Crippen molar-refractivity contribution in [2.75, 3.05) is 40.0 Å². The highest BCUT2D eigenvalue weighted by molar-refractivity contribution is 8.12. The summed E-state index contributed by atoms with van der Waals surface area (Å²) >= 11 is 0. The number of hydrogen-bond donors (Lipinski definition) is 1. The quantitative estimate of drug-likeness (QED) is 0.439. The first kappa shape index (κ1) is 11.9. The highest BCUT2D eigenvalue weighted by atomic mass is 32.2. The van der Waals surface area contributed by atoms with Gasteiger partial charge in [-0.1, -0.05) is 0 Å². The third-order valence-corrected chi connectivity index (χ3v) is 3.57. The van der Waals surface area contributed by atoms with Gasteiger partial charge >= 0.3 is 6.76 Å². The van der Waals surface area contributed by atoms with Gasteiger partial charge in [0, 0.05) is 26.2 Å². The van der Waals surface area contributed by atoms with Gasteiger partial charge in [0.25, 0.3) is 0 Å². The van der Waals surface area contributed by atoms with Gasteiger partial charge in [0.05, 0.1) is 6.73 Å². The van der Waals surface area contributed by atoms with Gasteiger partial charge in [-0.25, -0.2) is 12.7 Å². The van der Waals surface area contributed by atoms with E-state index in [1.807, 2.05) is 7.05 Å². The molecule has 0 aromatic carbocycles. The monoisotopic (exact) mass is 220 g/mol. The van der Waals surface area contributed by atoms with E-state index in [9.17, 15) is 8.42 Å². The van der Waals surface area contributed by atoms with Crippen LogP contribution in [0.5, 0.6) is 0 Å². The van der Waals surface area contributed by atoms with Crippen LogP contribution in [-0.4, -0.2) is 64.3 Å². The molecule has 14 heavy (non-hydrogen) atoms. The van der Waals surface area contributed by atoms with Crippen molar-refractivity contribution >= 4 is 16.6 Å². The van der Waals surface area contributed by atoms with Crippen LogP contribution in [-0.2, 0) is 14.5 Å². The zero-order chi connectivity index (χ0) is 10.6. The first-order valence-corrected chi connectivity index (χ1v) is 5.90. The van der Waals surface area contributed by atoms with Gasteiger partial charge in [-0.2, -0.15) is 0 Å². The highest BCUT2D eigenvalue weighted by Gasteiger charge is 2.27. The van der Waals surface area contributed by atoms with Crippen molar-refractivity contribution in [2.45, 2.75) is 0 Å². The number of nitrogens with two attached hydrogens (primary N) is 1. The molecule has 81 valence electrons. The van der Waals surface area contributed by atoms with Crippen LogP contribution in [0.1, 0.15) is 0 Å². The number of nitrogens with zero attached hydrogens (tertiary/aromatic N) is 2. The maximum atomic E-state index is 11.5. The first-order chi connectivity index (χ1) is 6.56. The molecule has 1 heterocycles. The van der Waals surface area contributed by atoms with Gasteiger partial charge < -0.3 is 15.3 Å². The van der Waals surface area contributed by atoms with Gasteiger partial charge in [0.15, 0.2) is 9.87 Å². The van der Waals surface area contributed by atoms with Crippen LogP contribution in [0.15, 0.2) is 0 Å². The van der Waals surface area contributed by atoms with Crippen LogP contribution in [0.25, 0.3) is 0 Å². The Labute approximate surface area is 85.2 Å². The molecule has 1 aliphatic rings. The summed E-state index contributed by atoms with van der Waals surface area (Å²) < 4.78 is 29.0. The fourth-order valence-corrected chi connectivity index (χ4v) is 2.27. The predicted molar refractivity (Wildman–Crippen MR) is 53.9 cm³/mol. The molecule has 0 aliphatic carbocycles. The molecule has 1 fully saturated rings. The third-order valence-electron chi connectivity index (χ3n) is 2.11. The van der Waals surface area contributed by atoms with Crippen molar-refractivity contribution in [1.82, 2.24) is 9.21 Å². The smallest absolute Gasteiger partial charge is 0.411 e. The van der Waals surface area contributed by atoms with Crippen molar-refractivity contribution in [3.05, 3.63) is 0 Å². The number of rotatable bonds is 4. The Morgan fingerprint density at radius 1 is 1.36 bits per heavy atom. The molecule has 8 heteroatoms. The molecule has 1 saturated heterocycles. The average Bonchev–Trinajstić information content (AvgIpc) is 2.16. The largest absolute Gasteiger partial charge is 0.477 e. The second-order valence-electron chi connectivity index (χ2n) is 3.18. The summed E-state index contributed by atoms with van der Waals surface area (Å²) in [6, 6.07) is 0. The summed E-state index contributed by atoms with van der Waals surface area (Å²) in [6.45, 7) is 3.20. The number of likely N-dealkylation sites (N-methyl/N-ethyl adjacent to an activating group) is 1. The van der Waals surface area contributed by atoms with Crippen molar-refractivity contribution in [2.24, 2.45) is 5.73 Å². The molecule has 1 radical (unpaired) electrons. The Hall–Kier alpha value is -0.145. The van der Waals surface area contributed by atoms with Crippen LogP contribution in [0, 0.1) is 0 Å². The lowest BCUT2D eigenvalue weighted by Gasteiger charge is -2.31. The van der Waals surface area contributed by atoms with E-state index >= 15 is 0 Å². The zero-order valence-corrected chi connectivity index (χ0v) is 9.03. The molecule has 2 N–H and O–H groups in total. The van der Waals surface area contributed by atoms with Gasteiger partial charge in [0.1, 0.15) is 0 Å². The topological polar surface area (TPSA) is 75.9 Å². The van der Waals surface area contributed by atoms with Crippen LogP contribution >= 0.6 is 0 Å². The Kier molecular flexibility index (Phi) is 4.33. The zero-order valence-electron chi connectivity index (χ0n) is 8.22. The van der Waals surface area contributed by atoms with Crippen molar-refractivity contribution in [3.8, 4) is 0 Å². The van der Waals surface area contributed by atoms with Crippen LogP contribution in [0.3, 0.4) is 0 Å². The second kappa shape index (κ2) is 5.08. The maximum Gasteiger partial charge on any atom is 0.477 e. The normalized spacial score (nSPS) is 21.0. The standard InChI is InChI=1S/C6H15BN3O3S/c1-9-2-4-10(5-3-9)14(11,12)7-13-6-8/h2-6,8H2,1H3. The minimum atomic E-state index is -3.39. The molecule has 6 nitrogen and oxygen atoms in total. The molecule has 1 rings (SSSR count). The summed E-state index contributed by atoms with van der Waals surface area (Å²) in [4.78, 5) is 2.08. The summed E-state index contributed by atoms with van der Waals surface area (Å²) in [5, 5.41) is 0. The van der Waals surface area contributed by atoms with E-state index in [0.717, 1.165) is 19.9 Å². The van der Waals surface area contributed by atoms with E-state index in [0.29, 0.717) is 13.1 Å². The van der Waals surface area contributed by atoms with Gasteiger partial charge in [-0.05, 0) is 7.05 Å². The Bertz CT molecular complexity index is 263. The van der Waals surface area contributed by atoms with Gasteiger partial charge in [-0.3, -0.25) is 0 Å². The second-order valence-corrected chi connectivity index (χ2v) is 4.92. The molecule has 0 amide bonds. The molecule has 0 aromatic heterocycles. The van der Waals surface area contributed by atoms with Gasteiger partial charge in [-0.15, -0.1) is 0 Å².